The van der Waals surface area contributed by atoms with Crippen LogP contribution in [0.4, 0.5) is 20.6 Å². The molecule has 0 spiro atoms. The summed E-state index contributed by atoms with van der Waals surface area (Å²) in [4.78, 5) is 29.5. The van der Waals surface area contributed by atoms with Crippen molar-refractivity contribution in [2.75, 3.05) is 37.3 Å². The van der Waals surface area contributed by atoms with E-state index in [2.05, 4.69) is 20.5 Å². The lowest BCUT2D eigenvalue weighted by Crippen LogP contribution is -2.56. The predicted octanol–water partition coefficient (Wildman–Crippen LogP) is 2.68. The zero-order chi connectivity index (χ0) is 21.7. The number of rotatable bonds is 6. The van der Waals surface area contributed by atoms with Crippen LogP contribution in [0.15, 0.2) is 36.5 Å². The predicted molar refractivity (Wildman–Crippen MR) is 113 cm³/mol. The second-order valence-electron chi connectivity index (χ2n) is 7.47. The van der Waals surface area contributed by atoms with Crippen molar-refractivity contribution in [3.8, 4) is 0 Å². The molecule has 1 atom stereocenters. The number of hydrazine groups is 1. The third-order valence-electron chi connectivity index (χ3n) is 5.12. The highest BCUT2D eigenvalue weighted by molar-refractivity contribution is 5.99. The highest BCUT2D eigenvalue weighted by atomic mass is 19.1. The highest BCUT2D eigenvalue weighted by Gasteiger charge is 2.26. The molecule has 1 aliphatic heterocycles. The van der Waals surface area contributed by atoms with Crippen LogP contribution in [-0.2, 0) is 11.3 Å². The number of hydrogen-bond donors (Lipinski definition) is 2. The number of urea groups is 1. The van der Waals surface area contributed by atoms with Gasteiger partial charge in [0.2, 0.25) is 6.41 Å². The van der Waals surface area contributed by atoms with Crippen molar-refractivity contribution in [2.45, 2.75) is 26.4 Å². The third kappa shape index (κ3) is 5.31. The van der Waals surface area contributed by atoms with Crippen LogP contribution in [0.1, 0.15) is 18.2 Å². The molecule has 1 aromatic carbocycles. The Morgan fingerprint density at radius 2 is 2.10 bits per heavy atom. The number of aromatic nitrogens is 1. The molecule has 30 heavy (non-hydrogen) atoms. The maximum Gasteiger partial charge on any atom is 0.323 e. The molecule has 2 N–H and O–H groups in total. The molecule has 8 nitrogen and oxygen atoms in total. The second kappa shape index (κ2) is 9.64. The molecule has 0 aliphatic carbocycles. The summed E-state index contributed by atoms with van der Waals surface area (Å²) in [6, 6.07) is 8.09. The second-order valence-corrected chi connectivity index (χ2v) is 7.47. The average Bonchev–Trinajstić information content (AvgIpc) is 2.72. The van der Waals surface area contributed by atoms with Gasteiger partial charge in [-0.1, -0.05) is 12.1 Å². The number of hydrogen-bond acceptors (Lipinski definition) is 5. The summed E-state index contributed by atoms with van der Waals surface area (Å²) in [5.41, 5.74) is 2.00. The maximum atomic E-state index is 15.0. The van der Waals surface area contributed by atoms with Gasteiger partial charge in [-0.2, -0.15) is 0 Å². The van der Waals surface area contributed by atoms with E-state index >= 15 is 0 Å². The van der Waals surface area contributed by atoms with E-state index in [-0.39, 0.29) is 11.7 Å². The Bertz CT molecular complexity index is 892. The Morgan fingerprint density at radius 1 is 1.30 bits per heavy atom. The molecule has 0 unspecified atom stereocenters. The van der Waals surface area contributed by atoms with E-state index in [9.17, 15) is 14.0 Å². The molecule has 0 bridgehead atoms. The quantitative estimate of drug-likeness (QED) is 0.711. The Hall–Kier alpha value is -3.04. The summed E-state index contributed by atoms with van der Waals surface area (Å²) in [5, 5.41) is 8.75. The molecule has 1 aromatic heterocycles. The van der Waals surface area contributed by atoms with Crippen LogP contribution in [0.25, 0.3) is 0 Å². The third-order valence-corrected chi connectivity index (χ3v) is 5.12. The number of anilines is 2. The Balaban J connectivity index is 1.61. The molecule has 3 amide bonds. The fourth-order valence-electron chi connectivity index (χ4n) is 3.56. The van der Waals surface area contributed by atoms with E-state index in [4.69, 9.17) is 0 Å². The van der Waals surface area contributed by atoms with Crippen molar-refractivity contribution in [1.29, 1.82) is 0 Å². The number of nitrogens with zero attached hydrogens (tertiary/aromatic N) is 4. The van der Waals surface area contributed by atoms with Crippen molar-refractivity contribution >= 4 is 23.8 Å². The lowest BCUT2D eigenvalue weighted by atomic mass is 10.1. The largest absolute Gasteiger partial charge is 0.323 e. The molecule has 3 rings (SSSR count). The number of carbonyl (C=O) groups excluding carboxylic acids is 2. The van der Waals surface area contributed by atoms with Gasteiger partial charge >= 0.3 is 6.03 Å². The molecule has 0 saturated carbocycles. The highest BCUT2D eigenvalue weighted by Crippen LogP contribution is 2.21. The van der Waals surface area contributed by atoms with E-state index in [1.54, 1.807) is 42.5 Å². The van der Waals surface area contributed by atoms with Crippen molar-refractivity contribution in [3.05, 3.63) is 53.6 Å². The fourth-order valence-corrected chi connectivity index (χ4v) is 3.56. The summed E-state index contributed by atoms with van der Waals surface area (Å²) >= 11 is 0. The monoisotopic (exact) mass is 414 g/mol. The molecule has 2 aromatic rings. The molecule has 9 heteroatoms. The van der Waals surface area contributed by atoms with Gasteiger partial charge in [0.1, 0.15) is 0 Å². The Morgan fingerprint density at radius 3 is 2.77 bits per heavy atom. The zero-order valence-electron chi connectivity index (χ0n) is 17.4. The van der Waals surface area contributed by atoms with Gasteiger partial charge in [-0.25, -0.2) is 14.2 Å². The minimum atomic E-state index is -0.532. The van der Waals surface area contributed by atoms with Gasteiger partial charge in [-0.05, 0) is 32.0 Å². The van der Waals surface area contributed by atoms with Crippen LogP contribution in [0.2, 0.25) is 0 Å². The van der Waals surface area contributed by atoms with E-state index < -0.39 is 11.8 Å². The molecule has 160 valence electrons. The average molecular weight is 414 g/mol. The minimum absolute atomic E-state index is 0.123. The van der Waals surface area contributed by atoms with Gasteiger partial charge in [0.15, 0.2) is 5.82 Å². The molecule has 1 saturated heterocycles. The first-order valence-corrected chi connectivity index (χ1v) is 9.82. The van der Waals surface area contributed by atoms with Crippen LogP contribution in [-0.4, -0.2) is 65.1 Å². The summed E-state index contributed by atoms with van der Waals surface area (Å²) < 4.78 is 15.0. The first-order chi connectivity index (χ1) is 14.4. The SMILES string of the molecule is Cc1ccc(NC(=O)Nc2cccc(CN3CCN(N(C)C=O)[C@@H](C)C3)c2F)cn1. The van der Waals surface area contributed by atoms with E-state index in [0.717, 1.165) is 12.1 Å². The number of carbonyl (C=O) groups is 2. The number of benzene rings is 1. The van der Waals surface area contributed by atoms with Gasteiger partial charge < -0.3 is 10.6 Å². The summed E-state index contributed by atoms with van der Waals surface area (Å²) in [7, 11) is 1.73. The van der Waals surface area contributed by atoms with Crippen molar-refractivity contribution < 1.29 is 14.0 Å². The number of nitrogens with one attached hydrogen (secondary N) is 2. The van der Waals surface area contributed by atoms with Gasteiger partial charge in [-0.15, -0.1) is 0 Å². The number of pyridine rings is 1. The summed E-state index contributed by atoms with van der Waals surface area (Å²) in [6.45, 7) is 6.41. The number of amides is 3. The molecular weight excluding hydrogens is 387 g/mol. The van der Waals surface area contributed by atoms with Gasteiger partial charge in [0, 0.05) is 50.5 Å². The first-order valence-electron chi connectivity index (χ1n) is 9.82. The molecule has 0 radical (unpaired) electrons. The van der Waals surface area contributed by atoms with Crippen LogP contribution in [0, 0.1) is 12.7 Å². The Kier molecular flexibility index (Phi) is 6.96. The Labute approximate surface area is 175 Å². The lowest BCUT2D eigenvalue weighted by Gasteiger charge is -2.42. The van der Waals surface area contributed by atoms with Crippen molar-refractivity contribution in [3.63, 3.8) is 0 Å². The number of aryl methyl sites for hydroxylation is 1. The van der Waals surface area contributed by atoms with Crippen LogP contribution >= 0.6 is 0 Å². The van der Waals surface area contributed by atoms with Crippen molar-refractivity contribution in [2.24, 2.45) is 0 Å². The number of piperazine rings is 1. The normalized spacial score (nSPS) is 17.4. The molecule has 1 aliphatic rings. The van der Waals surface area contributed by atoms with Gasteiger partial charge in [-0.3, -0.25) is 19.7 Å². The van der Waals surface area contributed by atoms with E-state index in [0.29, 0.717) is 37.4 Å². The number of halogens is 1. The van der Waals surface area contributed by atoms with E-state index in [1.165, 1.54) is 6.07 Å². The lowest BCUT2D eigenvalue weighted by molar-refractivity contribution is -0.139. The van der Waals surface area contributed by atoms with Gasteiger partial charge in [0.25, 0.3) is 0 Å². The molecule has 2 heterocycles. The van der Waals surface area contributed by atoms with Crippen LogP contribution < -0.4 is 10.6 Å². The standard InChI is InChI=1S/C21H27FN6O2/c1-15-7-8-18(11-23-15)24-21(30)25-19-6-4-5-17(20(19)22)13-27-9-10-28(16(2)12-27)26(3)14-29/h4-8,11,14,16H,9-10,12-13H2,1-3H3,(H2,24,25,30)/t16-/m0/s1. The molecular formula is C21H27FN6O2. The minimum Gasteiger partial charge on any atom is -0.306 e. The zero-order valence-corrected chi connectivity index (χ0v) is 17.4. The van der Waals surface area contributed by atoms with Gasteiger partial charge in [0.05, 0.1) is 17.6 Å². The smallest absolute Gasteiger partial charge is 0.306 e. The van der Waals surface area contributed by atoms with Crippen molar-refractivity contribution in [1.82, 2.24) is 19.9 Å². The van der Waals surface area contributed by atoms with E-state index in [1.807, 2.05) is 18.9 Å². The molecule has 1 fully saturated rings. The fraction of sp³-hybridized carbons (Fsp3) is 0.381. The van der Waals surface area contributed by atoms with Crippen LogP contribution in [0.3, 0.4) is 0 Å². The summed E-state index contributed by atoms with van der Waals surface area (Å²) in [5.74, 6) is -0.449. The summed E-state index contributed by atoms with van der Waals surface area (Å²) in [6.07, 6.45) is 2.34. The topological polar surface area (TPSA) is 80.8 Å². The first kappa shape index (κ1) is 21.7. The maximum absolute atomic E-state index is 15.0. The van der Waals surface area contributed by atoms with Crippen LogP contribution in [0.5, 0.6) is 0 Å².